The molecular weight excluding hydrogens is 624 g/mol. The quantitative estimate of drug-likeness (QED) is 0.0564. The maximum absolute atomic E-state index is 12.1. The molecule has 47 heavy (non-hydrogen) atoms. The molecule has 2 rings (SSSR count). The van der Waals surface area contributed by atoms with Crippen LogP contribution in [0.5, 0.6) is 0 Å². The van der Waals surface area contributed by atoms with Crippen molar-refractivity contribution in [3.63, 3.8) is 0 Å². The van der Waals surface area contributed by atoms with Crippen molar-refractivity contribution in [2.75, 3.05) is 85.2 Å². The highest BCUT2D eigenvalue weighted by atomic mass is 32.2. The van der Waals surface area contributed by atoms with Gasteiger partial charge in [-0.25, -0.2) is 4.79 Å². The molecule has 5 N–H and O–H groups in total. The van der Waals surface area contributed by atoms with Crippen LogP contribution in [-0.2, 0) is 28.6 Å². The molecule has 0 aromatic rings. The Labute approximate surface area is 286 Å². The van der Waals surface area contributed by atoms with Crippen molar-refractivity contribution in [3.05, 3.63) is 0 Å². The molecule has 2 saturated heterocycles. The number of hydrogen-bond acceptors (Lipinski definition) is 9. The third-order valence-corrected chi connectivity index (χ3v) is 9.61. The largest absolute Gasteiger partial charge is 0.379 e. The number of amides is 5. The van der Waals surface area contributed by atoms with Gasteiger partial charge in [0.15, 0.2) is 0 Å². The summed E-state index contributed by atoms with van der Waals surface area (Å²) in [6, 6.07) is 0.419. The number of thioether (sulfide) groups is 1. The van der Waals surface area contributed by atoms with Gasteiger partial charge in [-0.3, -0.25) is 14.4 Å². The zero-order valence-electron chi connectivity index (χ0n) is 28.9. The Morgan fingerprint density at radius 3 is 1.87 bits per heavy atom. The highest BCUT2D eigenvalue weighted by molar-refractivity contribution is 8.00. The monoisotopic (exact) mass is 686 g/mol. The van der Waals surface area contributed by atoms with Gasteiger partial charge >= 0.3 is 6.03 Å². The van der Waals surface area contributed by atoms with Gasteiger partial charge < -0.3 is 45.7 Å². The van der Waals surface area contributed by atoms with E-state index in [2.05, 4.69) is 45.5 Å². The maximum Gasteiger partial charge on any atom is 0.315 e. The molecule has 0 bridgehead atoms. The first-order valence-corrected chi connectivity index (χ1v) is 18.8. The first kappa shape index (κ1) is 41.0. The van der Waals surface area contributed by atoms with E-state index in [1.165, 1.54) is 0 Å². The van der Waals surface area contributed by atoms with Crippen molar-refractivity contribution in [1.82, 2.24) is 31.5 Å². The molecular formula is C33H62N6O7S. The van der Waals surface area contributed by atoms with Gasteiger partial charge in [-0.15, -0.1) is 0 Å². The van der Waals surface area contributed by atoms with Gasteiger partial charge in [0.2, 0.25) is 17.7 Å². The van der Waals surface area contributed by atoms with Crippen LogP contribution in [0.25, 0.3) is 0 Å². The van der Waals surface area contributed by atoms with Gasteiger partial charge in [0, 0.05) is 63.1 Å². The lowest BCUT2D eigenvalue weighted by Gasteiger charge is -2.16. The van der Waals surface area contributed by atoms with E-state index in [0.29, 0.717) is 90.2 Å². The molecule has 2 fully saturated rings. The molecule has 5 amide bonds. The van der Waals surface area contributed by atoms with Crippen molar-refractivity contribution in [3.8, 4) is 0 Å². The summed E-state index contributed by atoms with van der Waals surface area (Å²) in [5, 5.41) is 15.2. The molecule has 13 nitrogen and oxygen atoms in total. The number of hydrogen-bond donors (Lipinski definition) is 5. The molecule has 0 aliphatic carbocycles. The van der Waals surface area contributed by atoms with E-state index in [4.69, 9.17) is 14.2 Å². The summed E-state index contributed by atoms with van der Waals surface area (Å²) >= 11 is 1.91. The third kappa shape index (κ3) is 20.8. The van der Waals surface area contributed by atoms with Crippen LogP contribution in [0.15, 0.2) is 0 Å². The normalized spacial score (nSPS) is 18.5. The smallest absolute Gasteiger partial charge is 0.315 e. The van der Waals surface area contributed by atoms with Gasteiger partial charge in [-0.2, -0.15) is 11.8 Å². The van der Waals surface area contributed by atoms with Gasteiger partial charge in [0.05, 0.1) is 38.5 Å². The second-order valence-corrected chi connectivity index (χ2v) is 13.6. The number of nitrogens with zero attached hydrogens (tertiary/aromatic N) is 1. The highest BCUT2D eigenvalue weighted by Gasteiger charge is 2.42. The summed E-state index contributed by atoms with van der Waals surface area (Å²) in [7, 11) is 2.12. The Balaban J connectivity index is 1.24. The molecule has 14 heteroatoms. The van der Waals surface area contributed by atoms with E-state index in [0.717, 1.165) is 70.2 Å². The minimum Gasteiger partial charge on any atom is -0.379 e. The summed E-state index contributed by atoms with van der Waals surface area (Å²) in [4.78, 5) is 49.7. The Morgan fingerprint density at radius 1 is 0.723 bits per heavy atom. The third-order valence-electron chi connectivity index (χ3n) is 8.10. The van der Waals surface area contributed by atoms with Crippen LogP contribution in [0.3, 0.4) is 0 Å². The number of urea groups is 1. The van der Waals surface area contributed by atoms with Gasteiger partial charge in [-0.05, 0) is 71.5 Å². The fourth-order valence-corrected chi connectivity index (χ4v) is 7.07. The first-order valence-electron chi connectivity index (χ1n) is 17.8. The Kier molecular flexibility index (Phi) is 23.4. The van der Waals surface area contributed by atoms with Crippen molar-refractivity contribution in [2.24, 2.45) is 0 Å². The van der Waals surface area contributed by atoms with E-state index < -0.39 is 0 Å². The van der Waals surface area contributed by atoms with Crippen molar-refractivity contribution < 1.29 is 33.4 Å². The van der Waals surface area contributed by atoms with E-state index in [-0.39, 0.29) is 35.8 Å². The predicted molar refractivity (Wildman–Crippen MR) is 186 cm³/mol. The van der Waals surface area contributed by atoms with Gasteiger partial charge in [-0.1, -0.05) is 13.3 Å². The van der Waals surface area contributed by atoms with E-state index >= 15 is 0 Å². The standard InChI is InChI=1S/C33H62N6O7S/c1-3-18-39(2)19-7-6-15-34-30(41)13-8-14-31(42)36-17-10-21-45-23-25-46-24-22-44-20-9-16-35-29(40)12-5-4-11-28-32-27(26-47-28)37-33(43)38-32/h27-28,32H,3-26H2,1-2H3,(H,34,41)(H,35,40)(H,36,42)(H2,37,38,43)/t27-,28-,32-/m0/s1. The SMILES string of the molecule is CCCN(C)CCCCNC(=O)CCCC(=O)NCCCOCCOCCOCCCNC(=O)CCCC[C@@H]1SC[C@@H]2NC(=O)N[C@@H]21. The molecule has 0 aromatic carbocycles. The summed E-state index contributed by atoms with van der Waals surface area (Å²) in [5.74, 6) is 1.02. The van der Waals surface area contributed by atoms with Crippen LogP contribution in [0.1, 0.15) is 84.0 Å². The number of unbranched alkanes of at least 4 members (excludes halogenated alkanes) is 2. The van der Waals surface area contributed by atoms with Crippen LogP contribution in [0, 0.1) is 0 Å². The highest BCUT2D eigenvalue weighted by Crippen LogP contribution is 2.33. The molecule has 272 valence electrons. The lowest BCUT2D eigenvalue weighted by atomic mass is 10.0. The molecule has 2 aliphatic heterocycles. The average Bonchev–Trinajstić information content (AvgIpc) is 3.60. The molecule has 0 aromatic heterocycles. The predicted octanol–water partition coefficient (Wildman–Crippen LogP) is 2.18. The maximum atomic E-state index is 12.1. The lowest BCUT2D eigenvalue weighted by molar-refractivity contribution is -0.123. The molecule has 0 radical (unpaired) electrons. The van der Waals surface area contributed by atoms with Crippen LogP contribution in [0.4, 0.5) is 4.79 Å². The molecule has 0 unspecified atom stereocenters. The number of ether oxygens (including phenoxy) is 3. The molecule has 3 atom stereocenters. The topological polar surface area (TPSA) is 159 Å². The summed E-state index contributed by atoms with van der Waals surface area (Å²) in [6.07, 6.45) is 9.34. The number of carbonyl (C=O) groups excluding carboxylic acids is 4. The summed E-state index contributed by atoms with van der Waals surface area (Å²) < 4.78 is 16.6. The zero-order chi connectivity index (χ0) is 34.0. The average molecular weight is 687 g/mol. The Hall–Kier alpha value is -2.13. The van der Waals surface area contributed by atoms with E-state index in [1.54, 1.807) is 0 Å². The van der Waals surface area contributed by atoms with Crippen LogP contribution in [0.2, 0.25) is 0 Å². The van der Waals surface area contributed by atoms with E-state index in [9.17, 15) is 19.2 Å². The molecule has 0 spiro atoms. The second-order valence-electron chi connectivity index (χ2n) is 12.3. The van der Waals surface area contributed by atoms with Crippen molar-refractivity contribution >= 4 is 35.5 Å². The minimum absolute atomic E-state index is 0.0127. The fraction of sp³-hybridized carbons (Fsp3) is 0.879. The number of carbonyl (C=O) groups is 4. The summed E-state index contributed by atoms with van der Waals surface area (Å²) in [5.41, 5.74) is 0. The van der Waals surface area contributed by atoms with Crippen LogP contribution >= 0.6 is 11.8 Å². The second kappa shape index (κ2) is 26.8. The number of nitrogens with one attached hydrogen (secondary N) is 5. The Bertz CT molecular complexity index is 886. The first-order chi connectivity index (χ1) is 22.9. The molecule has 2 heterocycles. The van der Waals surface area contributed by atoms with Gasteiger partial charge in [0.25, 0.3) is 0 Å². The zero-order valence-corrected chi connectivity index (χ0v) is 29.7. The van der Waals surface area contributed by atoms with E-state index in [1.807, 2.05) is 11.8 Å². The van der Waals surface area contributed by atoms with Crippen molar-refractivity contribution in [1.29, 1.82) is 0 Å². The van der Waals surface area contributed by atoms with Crippen molar-refractivity contribution in [2.45, 2.75) is 101 Å². The number of fused-ring (bicyclic) bond motifs is 1. The Morgan fingerprint density at radius 2 is 1.28 bits per heavy atom. The van der Waals surface area contributed by atoms with Gasteiger partial charge in [0.1, 0.15) is 0 Å². The molecule has 0 saturated carbocycles. The lowest BCUT2D eigenvalue weighted by Crippen LogP contribution is -2.36. The van der Waals surface area contributed by atoms with Crippen LogP contribution in [-0.4, -0.2) is 131 Å². The number of rotatable bonds is 30. The molecule has 2 aliphatic rings. The minimum atomic E-state index is -0.0578. The van der Waals surface area contributed by atoms with Crippen LogP contribution < -0.4 is 26.6 Å². The summed E-state index contributed by atoms with van der Waals surface area (Å²) in [6.45, 7) is 9.23. The fourth-order valence-electron chi connectivity index (χ4n) is 5.52.